The van der Waals surface area contributed by atoms with Crippen LogP contribution in [0.2, 0.25) is 0 Å². The van der Waals surface area contributed by atoms with Gasteiger partial charge in [-0.05, 0) is 25.5 Å². The third-order valence-corrected chi connectivity index (χ3v) is 4.67. The lowest BCUT2D eigenvalue weighted by Gasteiger charge is -2.39. The van der Waals surface area contributed by atoms with E-state index in [0.29, 0.717) is 32.4 Å². The summed E-state index contributed by atoms with van der Waals surface area (Å²) >= 11 is 1.71. The van der Waals surface area contributed by atoms with Crippen molar-refractivity contribution in [2.75, 3.05) is 38.7 Å². The first-order chi connectivity index (χ1) is 8.96. The average Bonchev–Trinajstić information content (AvgIpc) is 2.43. The van der Waals surface area contributed by atoms with E-state index in [1.165, 1.54) is 0 Å². The molecular formula is C13H24N2O3S. The molecule has 19 heavy (non-hydrogen) atoms. The van der Waals surface area contributed by atoms with Gasteiger partial charge in [0.25, 0.3) is 0 Å². The summed E-state index contributed by atoms with van der Waals surface area (Å²) in [5, 5.41) is 9.32. The van der Waals surface area contributed by atoms with Crippen molar-refractivity contribution in [2.24, 2.45) is 5.41 Å². The predicted octanol–water partition coefficient (Wildman–Crippen LogP) is 1.98. The van der Waals surface area contributed by atoms with Gasteiger partial charge < -0.3 is 14.9 Å². The Bertz CT molecular complexity index is 328. The fourth-order valence-electron chi connectivity index (χ4n) is 2.41. The lowest BCUT2D eigenvalue weighted by molar-refractivity contribution is -0.152. The third-order valence-electron chi connectivity index (χ3n) is 4.08. The Kier molecular flexibility index (Phi) is 5.97. The van der Waals surface area contributed by atoms with E-state index in [1.807, 2.05) is 13.2 Å². The van der Waals surface area contributed by atoms with Crippen molar-refractivity contribution in [3.8, 4) is 0 Å². The molecule has 0 aromatic rings. The van der Waals surface area contributed by atoms with Crippen LogP contribution in [0.15, 0.2) is 0 Å². The van der Waals surface area contributed by atoms with E-state index in [2.05, 4.69) is 0 Å². The molecule has 2 amide bonds. The first-order valence-corrected chi connectivity index (χ1v) is 8.08. The van der Waals surface area contributed by atoms with Crippen molar-refractivity contribution in [2.45, 2.75) is 26.2 Å². The highest BCUT2D eigenvalue weighted by Gasteiger charge is 2.41. The fourth-order valence-corrected chi connectivity index (χ4v) is 2.87. The normalized spacial score (nSPS) is 18.2. The molecule has 1 saturated heterocycles. The number of carboxylic acid groups (broad SMARTS) is 1. The van der Waals surface area contributed by atoms with Gasteiger partial charge in [-0.3, -0.25) is 4.79 Å². The second-order valence-electron chi connectivity index (χ2n) is 5.12. The van der Waals surface area contributed by atoms with Crippen molar-refractivity contribution in [1.82, 2.24) is 9.80 Å². The van der Waals surface area contributed by atoms with Crippen molar-refractivity contribution in [3.63, 3.8) is 0 Å². The molecule has 0 aromatic heterocycles. The second kappa shape index (κ2) is 7.03. The van der Waals surface area contributed by atoms with Crippen LogP contribution in [0, 0.1) is 5.41 Å². The Balaban J connectivity index is 2.53. The highest BCUT2D eigenvalue weighted by molar-refractivity contribution is 7.98. The fraction of sp³-hybridized carbons (Fsp3) is 0.846. The summed E-state index contributed by atoms with van der Waals surface area (Å²) in [4.78, 5) is 27.0. The van der Waals surface area contributed by atoms with Crippen LogP contribution in [-0.4, -0.2) is 65.6 Å². The van der Waals surface area contributed by atoms with Crippen molar-refractivity contribution in [1.29, 1.82) is 0 Å². The summed E-state index contributed by atoms with van der Waals surface area (Å²) in [5.41, 5.74) is -0.630. The highest BCUT2D eigenvalue weighted by atomic mass is 32.2. The quantitative estimate of drug-likeness (QED) is 0.840. The molecule has 1 fully saturated rings. The Hall–Kier alpha value is -0.910. The number of carbonyl (C=O) groups is 2. The molecule has 0 spiro atoms. The van der Waals surface area contributed by atoms with Crippen LogP contribution < -0.4 is 0 Å². The molecule has 0 unspecified atom stereocenters. The maximum Gasteiger partial charge on any atom is 0.319 e. The van der Waals surface area contributed by atoms with E-state index in [1.54, 1.807) is 28.6 Å². The van der Waals surface area contributed by atoms with E-state index in [4.69, 9.17) is 0 Å². The zero-order chi connectivity index (χ0) is 14.5. The van der Waals surface area contributed by atoms with E-state index < -0.39 is 11.4 Å². The summed E-state index contributed by atoms with van der Waals surface area (Å²) in [6.45, 7) is 3.73. The number of urea groups is 1. The first-order valence-electron chi connectivity index (χ1n) is 6.69. The number of carbonyl (C=O) groups excluding carboxylic acids is 1. The van der Waals surface area contributed by atoms with Crippen molar-refractivity contribution < 1.29 is 14.7 Å². The average molecular weight is 288 g/mol. The smallest absolute Gasteiger partial charge is 0.319 e. The van der Waals surface area contributed by atoms with Gasteiger partial charge in [0.2, 0.25) is 0 Å². The standard InChI is InChI=1S/C13H24N2O3S/c1-4-13(11(16)17)5-7-15(8-6-13)12(18)14(2)9-10-19-3/h4-10H2,1-3H3,(H,16,17). The molecule has 1 rings (SSSR count). The molecule has 0 aliphatic carbocycles. The molecule has 0 radical (unpaired) electrons. The summed E-state index contributed by atoms with van der Waals surface area (Å²) < 4.78 is 0. The summed E-state index contributed by atoms with van der Waals surface area (Å²) in [6, 6.07) is 0.0177. The van der Waals surface area contributed by atoms with Crippen LogP contribution in [0.1, 0.15) is 26.2 Å². The number of amides is 2. The number of hydrogen-bond donors (Lipinski definition) is 1. The number of aliphatic carboxylic acids is 1. The zero-order valence-corrected chi connectivity index (χ0v) is 12.8. The molecular weight excluding hydrogens is 264 g/mol. The molecule has 0 bridgehead atoms. The van der Waals surface area contributed by atoms with Gasteiger partial charge >= 0.3 is 12.0 Å². The Morgan fingerprint density at radius 1 is 1.37 bits per heavy atom. The minimum Gasteiger partial charge on any atom is -0.481 e. The molecule has 1 N–H and O–H groups in total. The summed E-state index contributed by atoms with van der Waals surface area (Å²) in [5.74, 6) is 0.197. The topological polar surface area (TPSA) is 60.9 Å². The number of nitrogens with zero attached hydrogens (tertiary/aromatic N) is 2. The van der Waals surface area contributed by atoms with Crippen LogP contribution in [0.25, 0.3) is 0 Å². The maximum atomic E-state index is 12.2. The lowest BCUT2D eigenvalue weighted by atomic mass is 9.76. The third kappa shape index (κ3) is 3.78. The van der Waals surface area contributed by atoms with Gasteiger partial charge in [-0.25, -0.2) is 4.79 Å². The van der Waals surface area contributed by atoms with Gasteiger partial charge in [-0.2, -0.15) is 11.8 Å². The van der Waals surface area contributed by atoms with Gasteiger partial charge in [0.1, 0.15) is 0 Å². The lowest BCUT2D eigenvalue weighted by Crippen LogP contribution is -2.50. The maximum absolute atomic E-state index is 12.2. The molecule has 0 atom stereocenters. The summed E-state index contributed by atoms with van der Waals surface area (Å²) in [6.07, 6.45) is 3.76. The van der Waals surface area contributed by atoms with E-state index >= 15 is 0 Å². The molecule has 0 aromatic carbocycles. The van der Waals surface area contributed by atoms with Crippen LogP contribution >= 0.6 is 11.8 Å². The molecule has 6 heteroatoms. The van der Waals surface area contributed by atoms with Gasteiger partial charge in [-0.15, -0.1) is 0 Å². The molecule has 5 nitrogen and oxygen atoms in total. The second-order valence-corrected chi connectivity index (χ2v) is 6.11. The summed E-state index contributed by atoms with van der Waals surface area (Å²) in [7, 11) is 1.80. The Morgan fingerprint density at radius 3 is 2.37 bits per heavy atom. The minimum atomic E-state index is -0.724. The van der Waals surface area contributed by atoms with Gasteiger partial charge in [-0.1, -0.05) is 6.92 Å². The number of carboxylic acids is 1. The van der Waals surface area contributed by atoms with E-state index in [-0.39, 0.29) is 6.03 Å². The van der Waals surface area contributed by atoms with E-state index in [0.717, 1.165) is 12.3 Å². The Morgan fingerprint density at radius 2 is 1.95 bits per heavy atom. The zero-order valence-electron chi connectivity index (χ0n) is 12.0. The molecule has 0 saturated carbocycles. The predicted molar refractivity (Wildman–Crippen MR) is 77.6 cm³/mol. The number of thioether (sulfide) groups is 1. The monoisotopic (exact) mass is 288 g/mol. The van der Waals surface area contributed by atoms with Crippen molar-refractivity contribution >= 4 is 23.8 Å². The number of hydrogen-bond acceptors (Lipinski definition) is 3. The Labute approximate surface area is 119 Å². The van der Waals surface area contributed by atoms with E-state index in [9.17, 15) is 14.7 Å². The van der Waals surface area contributed by atoms with Gasteiger partial charge in [0.05, 0.1) is 5.41 Å². The molecule has 1 aliphatic heterocycles. The first kappa shape index (κ1) is 16.1. The van der Waals surface area contributed by atoms with Gasteiger partial charge in [0, 0.05) is 32.4 Å². The van der Waals surface area contributed by atoms with Crippen LogP contribution in [-0.2, 0) is 4.79 Å². The van der Waals surface area contributed by atoms with Crippen LogP contribution in [0.4, 0.5) is 4.79 Å². The highest BCUT2D eigenvalue weighted by Crippen LogP contribution is 2.35. The number of rotatable bonds is 5. The number of piperidine rings is 1. The largest absolute Gasteiger partial charge is 0.481 e. The van der Waals surface area contributed by atoms with Crippen molar-refractivity contribution in [3.05, 3.63) is 0 Å². The minimum absolute atomic E-state index is 0.0177. The van der Waals surface area contributed by atoms with Gasteiger partial charge in [0.15, 0.2) is 0 Å². The molecule has 1 heterocycles. The van der Waals surface area contributed by atoms with Crippen LogP contribution in [0.3, 0.4) is 0 Å². The van der Waals surface area contributed by atoms with Crippen LogP contribution in [0.5, 0.6) is 0 Å². The SMILES string of the molecule is CCC1(C(=O)O)CCN(C(=O)N(C)CCSC)CC1. The molecule has 1 aliphatic rings. The number of likely N-dealkylation sites (tertiary alicyclic amines) is 1. The molecule has 110 valence electrons.